The van der Waals surface area contributed by atoms with Crippen LogP contribution in [0.15, 0.2) is 18.2 Å². The lowest BCUT2D eigenvalue weighted by atomic mass is 10.1. The lowest BCUT2D eigenvalue weighted by Crippen LogP contribution is -2.34. The van der Waals surface area contributed by atoms with E-state index in [2.05, 4.69) is 50.6 Å². The van der Waals surface area contributed by atoms with E-state index in [0.717, 1.165) is 0 Å². The molecule has 1 heteroatoms. The molecule has 1 aliphatic rings. The van der Waals surface area contributed by atoms with Crippen LogP contribution in [-0.2, 0) is 0 Å². The molecule has 0 N–H and O–H groups in total. The highest BCUT2D eigenvalue weighted by Gasteiger charge is 2.22. The highest BCUT2D eigenvalue weighted by atomic mass is 15.0. The number of hydrogen-bond donors (Lipinski definition) is 0. The molecule has 0 fully saturated rings. The summed E-state index contributed by atoms with van der Waals surface area (Å²) in [6, 6.07) is 7.08. The van der Waals surface area contributed by atoms with E-state index in [-0.39, 0.29) is 0 Å². The molecule has 0 amide bonds. The van der Waals surface area contributed by atoms with E-state index >= 15 is 0 Å². The van der Waals surface area contributed by atoms with Gasteiger partial charge in [-0.15, -0.1) is 0 Å². The van der Waals surface area contributed by atoms with Crippen molar-refractivity contribution < 1.29 is 0 Å². The summed E-state index contributed by atoms with van der Waals surface area (Å²) in [5, 5.41) is 2.84. The van der Waals surface area contributed by atoms with Crippen LogP contribution in [0.4, 0.5) is 0 Å². The fraction of sp³-hybridized carbons (Fsp3) is 0.417. The standard InChI is InChI=1S/C12H16N/c1-8-6-5-7-11-12(8)9(2)10(3)13(11)4/h5-7,10H,1-4H3/q+1. The van der Waals surface area contributed by atoms with Crippen molar-refractivity contribution >= 4 is 5.57 Å². The number of benzene rings is 1. The monoisotopic (exact) mass is 174 g/mol. The molecule has 0 saturated carbocycles. The SMILES string of the molecule is CC1=c2c(C)cccc2=[N+](C)C1C. The smallest absolute Gasteiger partial charge is 0.207 e. The zero-order valence-electron chi connectivity index (χ0n) is 8.76. The van der Waals surface area contributed by atoms with Gasteiger partial charge in [-0.05, 0) is 19.4 Å². The number of rotatable bonds is 0. The Labute approximate surface area is 79.0 Å². The topological polar surface area (TPSA) is 3.01 Å². The van der Waals surface area contributed by atoms with Gasteiger partial charge in [-0.25, -0.2) is 4.58 Å². The molecule has 13 heavy (non-hydrogen) atoms. The molecule has 0 bridgehead atoms. The predicted molar refractivity (Wildman–Crippen MR) is 56.1 cm³/mol. The van der Waals surface area contributed by atoms with Gasteiger partial charge in [-0.3, -0.25) is 0 Å². The normalized spacial score (nSPS) is 20.8. The summed E-state index contributed by atoms with van der Waals surface area (Å²) in [7, 11) is 2.17. The summed E-state index contributed by atoms with van der Waals surface area (Å²) in [5.41, 5.74) is 2.89. The van der Waals surface area contributed by atoms with Crippen LogP contribution in [0.3, 0.4) is 0 Å². The van der Waals surface area contributed by atoms with E-state index in [4.69, 9.17) is 0 Å². The molecule has 1 nitrogen and oxygen atoms in total. The fourth-order valence-corrected chi connectivity index (χ4v) is 2.17. The van der Waals surface area contributed by atoms with Gasteiger partial charge in [0.05, 0.1) is 5.22 Å². The summed E-state index contributed by atoms with van der Waals surface area (Å²) >= 11 is 0. The summed E-state index contributed by atoms with van der Waals surface area (Å²) in [5.74, 6) is 0. The van der Waals surface area contributed by atoms with Gasteiger partial charge in [0.15, 0.2) is 6.04 Å². The average Bonchev–Trinajstić information content (AvgIpc) is 2.33. The van der Waals surface area contributed by atoms with E-state index < -0.39 is 0 Å². The molecular formula is C12H16N+. The zero-order chi connectivity index (χ0) is 9.59. The largest absolute Gasteiger partial charge is 0.226 e. The minimum atomic E-state index is 0.552. The van der Waals surface area contributed by atoms with Gasteiger partial charge < -0.3 is 0 Å². The molecular weight excluding hydrogens is 158 g/mol. The van der Waals surface area contributed by atoms with E-state index in [1.807, 2.05) is 0 Å². The minimum absolute atomic E-state index is 0.552. The third kappa shape index (κ3) is 1.03. The first-order valence-corrected chi connectivity index (χ1v) is 4.79. The molecule has 1 aliphatic heterocycles. The molecule has 68 valence electrons. The van der Waals surface area contributed by atoms with E-state index in [1.54, 1.807) is 0 Å². The van der Waals surface area contributed by atoms with Gasteiger partial charge in [-0.1, -0.05) is 12.1 Å². The van der Waals surface area contributed by atoms with Crippen molar-refractivity contribution in [3.8, 4) is 0 Å². The zero-order valence-corrected chi connectivity index (χ0v) is 8.76. The molecule has 1 atom stereocenters. The van der Waals surface area contributed by atoms with Crippen LogP contribution in [0.5, 0.6) is 0 Å². The Hall–Kier alpha value is -1.11. The van der Waals surface area contributed by atoms with Crippen molar-refractivity contribution in [3.05, 3.63) is 34.3 Å². The quantitative estimate of drug-likeness (QED) is 0.509. The van der Waals surface area contributed by atoms with Gasteiger partial charge in [-0.2, -0.15) is 0 Å². The van der Waals surface area contributed by atoms with Crippen LogP contribution in [0.25, 0.3) is 5.57 Å². The second-order valence-corrected chi connectivity index (χ2v) is 3.94. The number of nitrogens with zero attached hydrogens (tertiary/aromatic N) is 1. The molecule has 2 rings (SSSR count). The maximum absolute atomic E-state index is 2.34. The molecule has 0 spiro atoms. The van der Waals surface area contributed by atoms with Crippen LogP contribution in [0, 0.1) is 6.92 Å². The Morgan fingerprint density at radius 2 is 1.92 bits per heavy atom. The third-order valence-electron chi connectivity index (χ3n) is 3.23. The highest BCUT2D eigenvalue weighted by molar-refractivity contribution is 5.52. The van der Waals surface area contributed by atoms with E-state index in [0.29, 0.717) is 6.04 Å². The first-order valence-electron chi connectivity index (χ1n) is 4.79. The Balaban J connectivity index is 3.01. The fourth-order valence-electron chi connectivity index (χ4n) is 2.17. The summed E-state index contributed by atoms with van der Waals surface area (Å²) < 4.78 is 2.34. The van der Waals surface area contributed by atoms with Crippen molar-refractivity contribution in [1.29, 1.82) is 0 Å². The van der Waals surface area contributed by atoms with Gasteiger partial charge >= 0.3 is 0 Å². The molecule has 1 unspecified atom stereocenters. The second kappa shape index (κ2) is 2.69. The number of aryl methyl sites for hydroxylation is 1. The molecule has 0 aliphatic carbocycles. The molecule has 0 radical (unpaired) electrons. The molecule has 1 aromatic rings. The lowest BCUT2D eigenvalue weighted by molar-refractivity contribution is 0.633. The Morgan fingerprint density at radius 1 is 1.23 bits per heavy atom. The first kappa shape index (κ1) is 8.49. The Kier molecular flexibility index (Phi) is 1.76. The second-order valence-electron chi connectivity index (χ2n) is 3.94. The summed E-state index contributed by atoms with van der Waals surface area (Å²) in [6.45, 7) is 6.68. The van der Waals surface area contributed by atoms with Gasteiger partial charge in [0, 0.05) is 18.6 Å². The van der Waals surface area contributed by atoms with Crippen molar-refractivity contribution in [1.82, 2.24) is 4.58 Å². The number of fused-ring (bicyclic) bond motifs is 1. The maximum atomic E-state index is 2.34. The first-order chi connectivity index (χ1) is 6.13. The van der Waals surface area contributed by atoms with Crippen LogP contribution >= 0.6 is 0 Å². The van der Waals surface area contributed by atoms with Crippen molar-refractivity contribution in [2.75, 3.05) is 7.05 Å². The third-order valence-corrected chi connectivity index (χ3v) is 3.23. The van der Waals surface area contributed by atoms with Gasteiger partial charge in [0.1, 0.15) is 7.05 Å². The average molecular weight is 174 g/mol. The van der Waals surface area contributed by atoms with Gasteiger partial charge in [0.25, 0.3) is 0 Å². The lowest BCUT2D eigenvalue weighted by Gasteiger charge is -2.00. The summed E-state index contributed by atoms with van der Waals surface area (Å²) in [4.78, 5) is 0. The molecule has 1 aromatic carbocycles. The molecule has 0 aromatic heterocycles. The van der Waals surface area contributed by atoms with E-state index in [1.165, 1.54) is 21.7 Å². The van der Waals surface area contributed by atoms with Gasteiger partial charge in [0.2, 0.25) is 5.36 Å². The maximum Gasteiger partial charge on any atom is 0.207 e. The number of hydrogen-bond acceptors (Lipinski definition) is 0. The van der Waals surface area contributed by atoms with Crippen molar-refractivity contribution in [2.24, 2.45) is 0 Å². The van der Waals surface area contributed by atoms with Crippen LogP contribution in [0.1, 0.15) is 19.4 Å². The van der Waals surface area contributed by atoms with Crippen molar-refractivity contribution in [3.63, 3.8) is 0 Å². The Bertz CT molecular complexity index is 468. The molecule has 0 saturated heterocycles. The van der Waals surface area contributed by atoms with Crippen LogP contribution in [0.2, 0.25) is 0 Å². The molecule has 1 heterocycles. The minimum Gasteiger partial charge on any atom is -0.226 e. The highest BCUT2D eigenvalue weighted by Crippen LogP contribution is 2.05. The van der Waals surface area contributed by atoms with Crippen molar-refractivity contribution in [2.45, 2.75) is 26.8 Å². The van der Waals surface area contributed by atoms with Crippen LogP contribution in [-0.4, -0.2) is 13.1 Å². The Morgan fingerprint density at radius 3 is 2.54 bits per heavy atom. The predicted octanol–water partition coefficient (Wildman–Crippen LogP) is 0.689. The van der Waals surface area contributed by atoms with Crippen LogP contribution < -0.4 is 15.2 Å². The van der Waals surface area contributed by atoms with E-state index in [9.17, 15) is 0 Å². The summed E-state index contributed by atoms with van der Waals surface area (Å²) in [6.07, 6.45) is 0.